The molecule has 2 amide bonds. The van der Waals surface area contributed by atoms with E-state index in [-0.39, 0.29) is 28.5 Å². The number of hydrogen-bond acceptors (Lipinski definition) is 5. The van der Waals surface area contributed by atoms with E-state index in [1.807, 2.05) is 0 Å². The number of carboxylic acid groups (broad SMARTS) is 1. The summed E-state index contributed by atoms with van der Waals surface area (Å²) in [6.07, 6.45) is 0. The van der Waals surface area contributed by atoms with E-state index in [9.17, 15) is 23.9 Å². The molecule has 0 spiro atoms. The first-order valence-electron chi connectivity index (χ1n) is 8.98. The lowest BCUT2D eigenvalue weighted by Crippen LogP contribution is -2.15. The summed E-state index contributed by atoms with van der Waals surface area (Å²) in [4.78, 5) is 36.2. The third-order valence-electron chi connectivity index (χ3n) is 4.09. The zero-order valence-electron chi connectivity index (χ0n) is 16.0. The van der Waals surface area contributed by atoms with Crippen LogP contribution < -0.4 is 10.6 Å². The minimum atomic E-state index is -1.31. The van der Waals surface area contributed by atoms with E-state index in [0.29, 0.717) is 10.6 Å². The second-order valence-electron chi connectivity index (χ2n) is 6.34. The Morgan fingerprint density at radius 3 is 2.35 bits per heavy atom. The summed E-state index contributed by atoms with van der Waals surface area (Å²) in [5, 5.41) is 23.7. The number of rotatable bonds is 7. The number of thioether (sulfide) groups is 1. The van der Waals surface area contributed by atoms with Gasteiger partial charge in [-0.25, -0.2) is 9.18 Å². The first kappa shape index (κ1) is 21.8. The van der Waals surface area contributed by atoms with Crippen molar-refractivity contribution in [2.45, 2.75) is 4.90 Å². The third kappa shape index (κ3) is 5.83. The Bertz CT molecular complexity index is 1150. The Kier molecular flexibility index (Phi) is 6.88. The number of carbonyl (C=O) groups excluding carboxylic acids is 2. The Morgan fingerprint density at radius 1 is 0.871 bits per heavy atom. The number of aromatic hydroxyl groups is 1. The van der Waals surface area contributed by atoms with E-state index in [2.05, 4.69) is 10.6 Å². The molecule has 0 aliphatic heterocycles. The number of carboxylic acids is 1. The molecule has 0 saturated heterocycles. The molecular weight excluding hydrogens is 423 g/mol. The smallest absolute Gasteiger partial charge is 0.339 e. The van der Waals surface area contributed by atoms with Crippen LogP contribution in [-0.2, 0) is 4.79 Å². The number of benzene rings is 3. The quantitative estimate of drug-likeness (QED) is 0.323. The summed E-state index contributed by atoms with van der Waals surface area (Å²) in [7, 11) is 0. The van der Waals surface area contributed by atoms with Gasteiger partial charge in [0, 0.05) is 16.3 Å². The van der Waals surface area contributed by atoms with Crippen LogP contribution in [0, 0.1) is 5.82 Å². The van der Waals surface area contributed by atoms with Crippen molar-refractivity contribution >= 4 is 40.9 Å². The lowest BCUT2D eigenvalue weighted by molar-refractivity contribution is -0.113. The van der Waals surface area contributed by atoms with E-state index in [1.54, 1.807) is 30.3 Å². The van der Waals surface area contributed by atoms with Crippen LogP contribution in [0.5, 0.6) is 5.75 Å². The lowest BCUT2D eigenvalue weighted by Gasteiger charge is -2.09. The fourth-order valence-corrected chi connectivity index (χ4v) is 3.39. The summed E-state index contributed by atoms with van der Waals surface area (Å²) in [5.41, 5.74) is 0.299. The molecule has 3 aromatic rings. The van der Waals surface area contributed by atoms with Crippen LogP contribution in [0.15, 0.2) is 71.6 Å². The molecule has 0 unspecified atom stereocenters. The van der Waals surface area contributed by atoms with Crippen molar-refractivity contribution in [3.8, 4) is 5.75 Å². The van der Waals surface area contributed by atoms with Gasteiger partial charge in [0.2, 0.25) is 5.91 Å². The molecule has 7 nitrogen and oxygen atoms in total. The van der Waals surface area contributed by atoms with Crippen molar-refractivity contribution < 1.29 is 29.0 Å². The second kappa shape index (κ2) is 9.77. The predicted molar refractivity (Wildman–Crippen MR) is 115 cm³/mol. The normalized spacial score (nSPS) is 10.4. The van der Waals surface area contributed by atoms with Gasteiger partial charge in [-0.3, -0.25) is 9.59 Å². The molecule has 4 N–H and O–H groups in total. The molecule has 3 rings (SSSR count). The van der Waals surface area contributed by atoms with Crippen molar-refractivity contribution in [1.29, 1.82) is 0 Å². The highest BCUT2D eigenvalue weighted by Crippen LogP contribution is 2.24. The summed E-state index contributed by atoms with van der Waals surface area (Å²) < 4.78 is 13.7. The van der Waals surface area contributed by atoms with Gasteiger partial charge >= 0.3 is 5.97 Å². The molecule has 0 radical (unpaired) electrons. The predicted octanol–water partition coefficient (Wildman–Crippen LogP) is 4.21. The molecule has 0 fully saturated rings. The Morgan fingerprint density at radius 2 is 1.61 bits per heavy atom. The molecule has 9 heteroatoms. The minimum Gasteiger partial charge on any atom is -0.507 e. The number of hydrogen-bond donors (Lipinski definition) is 4. The van der Waals surface area contributed by atoms with Gasteiger partial charge in [0.15, 0.2) is 0 Å². The van der Waals surface area contributed by atoms with Crippen LogP contribution in [0.1, 0.15) is 20.7 Å². The average molecular weight is 440 g/mol. The van der Waals surface area contributed by atoms with Crippen LogP contribution in [-0.4, -0.2) is 33.7 Å². The first-order chi connectivity index (χ1) is 14.8. The molecule has 0 heterocycles. The molecule has 158 valence electrons. The SMILES string of the molecule is O=C(CSc1cccc(NC(=O)c2ccccc2F)c1)Nc1ccc(O)c(C(=O)O)c1. The van der Waals surface area contributed by atoms with Crippen LogP contribution in [0.2, 0.25) is 0 Å². The average Bonchev–Trinajstić information content (AvgIpc) is 2.74. The van der Waals surface area contributed by atoms with Crippen LogP contribution in [0.4, 0.5) is 15.8 Å². The lowest BCUT2D eigenvalue weighted by atomic mass is 10.2. The van der Waals surface area contributed by atoms with E-state index in [4.69, 9.17) is 5.11 Å². The molecule has 31 heavy (non-hydrogen) atoms. The Labute approximate surface area is 180 Å². The van der Waals surface area contributed by atoms with Gasteiger partial charge in [-0.1, -0.05) is 18.2 Å². The summed E-state index contributed by atoms with van der Waals surface area (Å²) >= 11 is 1.20. The van der Waals surface area contributed by atoms with Gasteiger partial charge in [0.05, 0.1) is 11.3 Å². The maximum Gasteiger partial charge on any atom is 0.339 e. The zero-order valence-corrected chi connectivity index (χ0v) is 16.8. The summed E-state index contributed by atoms with van der Waals surface area (Å²) in [6.45, 7) is 0. The number of phenols is 1. The second-order valence-corrected chi connectivity index (χ2v) is 7.38. The maximum atomic E-state index is 13.7. The van der Waals surface area contributed by atoms with Crippen LogP contribution >= 0.6 is 11.8 Å². The van der Waals surface area contributed by atoms with Gasteiger partial charge < -0.3 is 20.8 Å². The van der Waals surface area contributed by atoms with Crippen molar-refractivity contribution in [2.75, 3.05) is 16.4 Å². The van der Waals surface area contributed by atoms with Gasteiger partial charge in [-0.05, 0) is 48.5 Å². The van der Waals surface area contributed by atoms with Crippen LogP contribution in [0.25, 0.3) is 0 Å². The standard InChI is InChI=1S/C22H17FN2O5S/c23-18-7-2-1-6-16(18)21(28)25-13-4-3-5-15(10-13)31-12-20(27)24-14-8-9-19(26)17(11-14)22(29)30/h1-11,26H,12H2,(H,24,27)(H,25,28)(H,29,30). The number of carbonyl (C=O) groups is 3. The van der Waals surface area contributed by atoms with E-state index in [0.717, 1.165) is 0 Å². The molecule has 0 saturated carbocycles. The number of nitrogens with one attached hydrogen (secondary N) is 2. The van der Waals surface area contributed by atoms with Crippen LogP contribution in [0.3, 0.4) is 0 Å². The number of amides is 2. The molecular formula is C22H17FN2O5S. The topological polar surface area (TPSA) is 116 Å². The fraction of sp³-hybridized carbons (Fsp3) is 0.0455. The third-order valence-corrected chi connectivity index (χ3v) is 5.08. The van der Waals surface area contributed by atoms with Crippen molar-refractivity contribution in [2.24, 2.45) is 0 Å². The molecule has 0 aliphatic carbocycles. The largest absolute Gasteiger partial charge is 0.507 e. The molecule has 0 aromatic heterocycles. The van der Waals surface area contributed by atoms with Gasteiger partial charge in [0.1, 0.15) is 17.1 Å². The summed E-state index contributed by atoms with van der Waals surface area (Å²) in [6, 6.07) is 16.1. The van der Waals surface area contributed by atoms with Crippen molar-refractivity contribution in [3.05, 3.63) is 83.7 Å². The van der Waals surface area contributed by atoms with E-state index in [1.165, 1.54) is 48.2 Å². The summed E-state index contributed by atoms with van der Waals surface area (Å²) in [5.74, 6) is -3.27. The fourth-order valence-electron chi connectivity index (χ4n) is 2.64. The highest BCUT2D eigenvalue weighted by molar-refractivity contribution is 8.00. The monoisotopic (exact) mass is 440 g/mol. The molecule has 3 aromatic carbocycles. The highest BCUT2D eigenvalue weighted by Gasteiger charge is 2.13. The Hall–Kier alpha value is -3.85. The van der Waals surface area contributed by atoms with Gasteiger partial charge in [-0.15, -0.1) is 11.8 Å². The molecule has 0 atom stereocenters. The van der Waals surface area contributed by atoms with E-state index < -0.39 is 23.4 Å². The minimum absolute atomic E-state index is 0.0218. The van der Waals surface area contributed by atoms with Gasteiger partial charge in [0.25, 0.3) is 5.91 Å². The first-order valence-corrected chi connectivity index (χ1v) is 9.97. The van der Waals surface area contributed by atoms with E-state index >= 15 is 0 Å². The van der Waals surface area contributed by atoms with Gasteiger partial charge in [-0.2, -0.15) is 0 Å². The highest BCUT2D eigenvalue weighted by atomic mass is 32.2. The zero-order chi connectivity index (χ0) is 22.4. The molecule has 0 bridgehead atoms. The number of aromatic carboxylic acids is 1. The molecule has 0 aliphatic rings. The van der Waals surface area contributed by atoms with Crippen molar-refractivity contribution in [1.82, 2.24) is 0 Å². The number of halogens is 1. The number of anilines is 2. The maximum absolute atomic E-state index is 13.7. The Balaban J connectivity index is 1.59. The van der Waals surface area contributed by atoms with Crippen molar-refractivity contribution in [3.63, 3.8) is 0 Å².